The summed E-state index contributed by atoms with van der Waals surface area (Å²) in [4.78, 5) is 0. The highest BCUT2D eigenvalue weighted by molar-refractivity contribution is 7.28. The predicted octanol–water partition coefficient (Wildman–Crippen LogP) is 5.77. The van der Waals surface area contributed by atoms with Gasteiger partial charge in [-0.1, -0.05) is 84.3 Å². The van der Waals surface area contributed by atoms with Crippen LogP contribution in [-0.2, 0) is 0 Å². The highest BCUT2D eigenvalue weighted by Gasteiger charge is 2.14. The van der Waals surface area contributed by atoms with Gasteiger partial charge in [-0.05, 0) is 32.3 Å². The van der Waals surface area contributed by atoms with Crippen molar-refractivity contribution in [1.29, 1.82) is 0 Å². The summed E-state index contributed by atoms with van der Waals surface area (Å²) in [6.07, 6.45) is 0. The molecule has 0 nitrogen and oxygen atoms in total. The number of benzene rings is 5. The van der Waals surface area contributed by atoms with E-state index in [-0.39, 0.29) is 0 Å². The molecule has 0 spiro atoms. The van der Waals surface area contributed by atoms with Crippen LogP contribution in [0.5, 0.6) is 0 Å². The molecule has 1 heterocycles. The van der Waals surface area contributed by atoms with Crippen LogP contribution in [-0.4, -0.2) is 7.85 Å². The fraction of sp³-hybridized carbons (Fsp3) is 0. The fourth-order valence-electron chi connectivity index (χ4n) is 4.36. The number of fused-ring (bicyclic) bond motifs is 9. The second-order valence-electron chi connectivity index (χ2n) is 7.05. The Labute approximate surface area is 156 Å². The summed E-state index contributed by atoms with van der Waals surface area (Å²) in [5.41, 5.74) is 1.37. The Morgan fingerprint density at radius 1 is 0.538 bits per heavy atom. The molecule has 120 valence electrons. The molecule has 0 aliphatic heterocycles. The van der Waals surface area contributed by atoms with Gasteiger partial charge >= 0.3 is 0 Å². The Balaban J connectivity index is 1.96. The van der Waals surface area contributed by atoms with E-state index in [4.69, 9.17) is 0 Å². The first kappa shape index (κ1) is 14.3. The van der Waals surface area contributed by atoms with Crippen molar-refractivity contribution in [2.75, 3.05) is 0 Å². The maximum atomic E-state index is 2.35. The van der Waals surface area contributed by atoms with Gasteiger partial charge in [-0.15, -0.1) is 11.3 Å². The monoisotopic (exact) mass is 346 g/mol. The van der Waals surface area contributed by atoms with Crippen molar-refractivity contribution < 1.29 is 0 Å². The molecule has 0 amide bonds. The van der Waals surface area contributed by atoms with Crippen molar-refractivity contribution in [2.24, 2.45) is 0 Å². The van der Waals surface area contributed by atoms with E-state index in [1.165, 1.54) is 58.0 Å². The zero-order valence-electron chi connectivity index (χ0n) is 14.4. The van der Waals surface area contributed by atoms with Crippen molar-refractivity contribution in [2.45, 2.75) is 0 Å². The minimum atomic E-state index is 1.31. The van der Waals surface area contributed by atoms with E-state index in [1.54, 1.807) is 0 Å². The molecule has 0 saturated carbocycles. The Morgan fingerprint density at radius 2 is 1.19 bits per heavy atom. The number of hydrogen-bond acceptors (Lipinski definition) is 1. The molecule has 1 aromatic heterocycles. The molecule has 26 heavy (non-hydrogen) atoms. The highest BCUT2D eigenvalue weighted by atomic mass is 32.1. The van der Waals surface area contributed by atoms with Gasteiger partial charge in [0.05, 0.1) is 0 Å². The van der Waals surface area contributed by atoms with E-state index in [0.29, 0.717) is 0 Å². The molecule has 0 aliphatic carbocycles. The predicted molar refractivity (Wildman–Crippen MR) is 120 cm³/mol. The molecular formula is C24H15BS. The molecule has 6 rings (SSSR count). The molecule has 0 fully saturated rings. The van der Waals surface area contributed by atoms with Crippen molar-refractivity contribution in [3.05, 3.63) is 78.9 Å². The minimum Gasteiger partial charge on any atom is -0.134 e. The summed E-state index contributed by atoms with van der Waals surface area (Å²) < 4.78 is 2.82. The third-order valence-electron chi connectivity index (χ3n) is 5.53. The van der Waals surface area contributed by atoms with Crippen LogP contribution in [0.2, 0.25) is 0 Å². The minimum absolute atomic E-state index is 1.31. The maximum Gasteiger partial charge on any atom is 0.140 e. The van der Waals surface area contributed by atoms with E-state index >= 15 is 0 Å². The summed E-state index contributed by atoms with van der Waals surface area (Å²) in [6.45, 7) is 0. The molecular weight excluding hydrogens is 331 g/mol. The lowest BCUT2D eigenvalue weighted by Gasteiger charge is -2.08. The summed E-state index contributed by atoms with van der Waals surface area (Å²) in [5, 5.41) is 10.9. The second-order valence-corrected chi connectivity index (χ2v) is 8.07. The number of hydrogen-bond donors (Lipinski definition) is 0. The van der Waals surface area contributed by atoms with Crippen molar-refractivity contribution >= 4 is 77.1 Å². The largest absolute Gasteiger partial charge is 0.140 e. The van der Waals surface area contributed by atoms with Gasteiger partial charge in [-0.2, -0.15) is 0 Å². The van der Waals surface area contributed by atoms with Crippen molar-refractivity contribution in [3.8, 4) is 0 Å². The topological polar surface area (TPSA) is 0 Å². The lowest BCUT2D eigenvalue weighted by atomic mass is 9.87. The zero-order valence-corrected chi connectivity index (χ0v) is 15.2. The maximum absolute atomic E-state index is 2.35. The van der Waals surface area contributed by atoms with Crippen LogP contribution < -0.4 is 5.46 Å². The van der Waals surface area contributed by atoms with E-state index < -0.39 is 0 Å². The lowest BCUT2D eigenvalue weighted by Crippen LogP contribution is -2.02. The lowest BCUT2D eigenvalue weighted by molar-refractivity contribution is 1.81. The Hall–Kier alpha value is -2.84. The van der Waals surface area contributed by atoms with Gasteiger partial charge in [0.15, 0.2) is 0 Å². The van der Waals surface area contributed by atoms with Crippen molar-refractivity contribution in [1.82, 2.24) is 0 Å². The molecule has 0 radical (unpaired) electrons. The normalized spacial score (nSPS) is 12.0. The first-order valence-corrected chi connectivity index (χ1v) is 9.78. The number of rotatable bonds is 0. The average Bonchev–Trinajstić information content (AvgIpc) is 3.08. The quantitative estimate of drug-likeness (QED) is 0.242. The first-order chi connectivity index (χ1) is 12.8. The van der Waals surface area contributed by atoms with E-state index in [2.05, 4.69) is 86.7 Å². The Kier molecular flexibility index (Phi) is 2.81. The summed E-state index contributed by atoms with van der Waals surface area (Å²) in [6, 6.07) is 28.9. The van der Waals surface area contributed by atoms with Crippen LogP contribution in [0.25, 0.3) is 52.5 Å². The van der Waals surface area contributed by atoms with Gasteiger partial charge in [0.2, 0.25) is 0 Å². The van der Waals surface area contributed by atoms with Crippen LogP contribution in [0.4, 0.5) is 0 Å². The third-order valence-corrected chi connectivity index (χ3v) is 6.79. The molecule has 0 aliphatic rings. The highest BCUT2D eigenvalue weighted by Crippen LogP contribution is 2.42. The summed E-state index contributed by atoms with van der Waals surface area (Å²) in [5.74, 6) is 0. The molecule has 0 atom stereocenters. The van der Waals surface area contributed by atoms with Crippen LogP contribution in [0.15, 0.2) is 78.9 Å². The SMILES string of the molecule is Bc1cc2ccc3ccccc3c2c2sc3c4ccccc4ccc3c12. The van der Waals surface area contributed by atoms with E-state index in [0.717, 1.165) is 0 Å². The van der Waals surface area contributed by atoms with Gasteiger partial charge in [-0.3, -0.25) is 0 Å². The van der Waals surface area contributed by atoms with Crippen LogP contribution in [0.3, 0.4) is 0 Å². The molecule has 0 N–H and O–H groups in total. The Morgan fingerprint density at radius 3 is 2.04 bits per heavy atom. The zero-order chi connectivity index (χ0) is 17.3. The van der Waals surface area contributed by atoms with Gasteiger partial charge in [0.25, 0.3) is 0 Å². The standard InChI is InChI=1S/C24H15BS/c25-20-13-16-10-9-14-5-1-3-7-17(14)21(16)24-22(20)19-12-11-15-6-2-4-8-18(15)23(19)26-24/h1-13H,25H2. The molecule has 0 unspecified atom stereocenters. The van der Waals surface area contributed by atoms with Gasteiger partial charge < -0.3 is 0 Å². The van der Waals surface area contributed by atoms with Crippen LogP contribution in [0.1, 0.15) is 0 Å². The molecule has 6 aromatic rings. The molecule has 5 aromatic carbocycles. The average molecular weight is 346 g/mol. The van der Waals surface area contributed by atoms with Crippen LogP contribution >= 0.6 is 11.3 Å². The van der Waals surface area contributed by atoms with E-state index in [9.17, 15) is 0 Å². The van der Waals surface area contributed by atoms with Gasteiger partial charge in [0.1, 0.15) is 7.85 Å². The third kappa shape index (κ3) is 1.80. The smallest absolute Gasteiger partial charge is 0.134 e. The number of thiophene rings is 1. The summed E-state index contributed by atoms with van der Waals surface area (Å²) in [7, 11) is 2.25. The summed E-state index contributed by atoms with van der Waals surface area (Å²) >= 11 is 1.95. The molecule has 2 heteroatoms. The first-order valence-electron chi connectivity index (χ1n) is 8.96. The fourth-order valence-corrected chi connectivity index (χ4v) is 5.84. The Bertz CT molecular complexity index is 1490. The second kappa shape index (κ2) is 5.09. The molecule has 0 bridgehead atoms. The van der Waals surface area contributed by atoms with Crippen molar-refractivity contribution in [3.63, 3.8) is 0 Å². The van der Waals surface area contributed by atoms with Crippen LogP contribution in [0, 0.1) is 0 Å². The van der Waals surface area contributed by atoms with E-state index in [1.807, 2.05) is 11.3 Å². The van der Waals surface area contributed by atoms with Gasteiger partial charge in [-0.25, -0.2) is 0 Å². The van der Waals surface area contributed by atoms with Gasteiger partial charge in [0, 0.05) is 20.2 Å². The molecule has 0 saturated heterocycles.